The zero-order valence-corrected chi connectivity index (χ0v) is 16.4. The fourth-order valence-corrected chi connectivity index (χ4v) is 7.99. The van der Waals surface area contributed by atoms with E-state index in [0.29, 0.717) is 10.8 Å². The number of ether oxygens (including phenoxy) is 1. The molecule has 4 fully saturated rings. The lowest BCUT2D eigenvalue weighted by Crippen LogP contribution is -2.54. The van der Waals surface area contributed by atoms with Crippen LogP contribution in [0.5, 0.6) is 0 Å². The molecule has 0 bridgehead atoms. The van der Waals surface area contributed by atoms with Gasteiger partial charge in [-0.3, -0.25) is 4.79 Å². The molecular weight excluding hydrogens is 308 g/mol. The summed E-state index contributed by atoms with van der Waals surface area (Å²) in [6, 6.07) is 0. The quantitative estimate of drug-likeness (QED) is 0.470. The maximum absolute atomic E-state index is 11.4. The third-order valence-corrected chi connectivity index (χ3v) is 9.31. The molecular formula is C23H36O2. The number of carbonyl (C=O) groups is 1. The van der Waals surface area contributed by atoms with E-state index in [4.69, 9.17) is 4.74 Å². The van der Waals surface area contributed by atoms with E-state index in [-0.39, 0.29) is 12.1 Å². The van der Waals surface area contributed by atoms with Crippen molar-refractivity contribution in [2.45, 2.75) is 84.7 Å². The molecule has 4 saturated carbocycles. The second kappa shape index (κ2) is 6.13. The normalized spacial score (nSPS) is 51.8. The molecule has 4 aliphatic rings. The molecule has 0 heterocycles. The molecule has 0 spiro atoms. The van der Waals surface area contributed by atoms with Crippen LogP contribution in [0.3, 0.4) is 0 Å². The first-order valence-corrected chi connectivity index (χ1v) is 10.7. The summed E-state index contributed by atoms with van der Waals surface area (Å²) in [5.74, 6) is 4.13. The van der Waals surface area contributed by atoms with Crippen molar-refractivity contribution in [2.24, 2.45) is 40.4 Å². The second-order valence-electron chi connectivity index (χ2n) is 10.1. The highest BCUT2D eigenvalue weighted by molar-refractivity contribution is 5.66. The van der Waals surface area contributed by atoms with Gasteiger partial charge in [0.2, 0.25) is 0 Å². The van der Waals surface area contributed by atoms with Crippen molar-refractivity contribution >= 4 is 5.97 Å². The molecule has 140 valence electrons. The number of fused-ring (bicyclic) bond motifs is 5. The standard InChI is InChI=1S/C23H36O2/c1-5-16-7-9-20-19-8-6-17-14-18(25-15(2)24)10-12-23(17,4)21(19)11-13-22(16,20)3/h5,16-21H,1,6-14H2,2-4H3/t16-,17?,18+,19-,20-,21-,22+,23-/m0/s1. The molecule has 8 atom stereocenters. The van der Waals surface area contributed by atoms with Crippen molar-refractivity contribution in [3.05, 3.63) is 12.7 Å². The second-order valence-corrected chi connectivity index (χ2v) is 10.1. The first-order valence-electron chi connectivity index (χ1n) is 10.7. The first kappa shape index (κ1) is 17.6. The highest BCUT2D eigenvalue weighted by atomic mass is 16.5. The van der Waals surface area contributed by atoms with Gasteiger partial charge in [-0.25, -0.2) is 0 Å². The summed E-state index contributed by atoms with van der Waals surface area (Å²) >= 11 is 0. The number of rotatable bonds is 2. The molecule has 0 saturated heterocycles. The summed E-state index contributed by atoms with van der Waals surface area (Å²) in [4.78, 5) is 11.4. The van der Waals surface area contributed by atoms with E-state index in [1.165, 1.54) is 44.9 Å². The Morgan fingerprint density at radius 2 is 1.72 bits per heavy atom. The van der Waals surface area contributed by atoms with E-state index in [2.05, 4.69) is 26.5 Å². The Morgan fingerprint density at radius 1 is 1.00 bits per heavy atom. The molecule has 4 aliphatic carbocycles. The van der Waals surface area contributed by atoms with Crippen molar-refractivity contribution in [3.63, 3.8) is 0 Å². The first-order chi connectivity index (χ1) is 11.9. The minimum atomic E-state index is -0.0999. The Kier molecular flexibility index (Phi) is 4.32. The Balaban J connectivity index is 1.53. The maximum Gasteiger partial charge on any atom is 0.302 e. The van der Waals surface area contributed by atoms with Crippen LogP contribution in [0.25, 0.3) is 0 Å². The largest absolute Gasteiger partial charge is 0.463 e. The molecule has 0 aromatic heterocycles. The van der Waals surface area contributed by atoms with Gasteiger partial charge in [0.05, 0.1) is 0 Å². The molecule has 0 radical (unpaired) electrons. The number of carbonyl (C=O) groups excluding carboxylic acids is 1. The molecule has 0 N–H and O–H groups in total. The lowest BCUT2D eigenvalue weighted by molar-refractivity contribution is -0.159. The Hall–Kier alpha value is -0.790. The zero-order valence-electron chi connectivity index (χ0n) is 16.4. The van der Waals surface area contributed by atoms with Gasteiger partial charge in [-0.2, -0.15) is 0 Å². The summed E-state index contributed by atoms with van der Waals surface area (Å²) in [5, 5.41) is 0. The van der Waals surface area contributed by atoms with Gasteiger partial charge in [0.1, 0.15) is 6.10 Å². The highest BCUT2D eigenvalue weighted by Crippen LogP contribution is 2.67. The number of hydrogen-bond donors (Lipinski definition) is 0. The highest BCUT2D eigenvalue weighted by Gasteiger charge is 2.59. The van der Waals surface area contributed by atoms with Gasteiger partial charge in [-0.05, 0) is 98.2 Å². The summed E-state index contributed by atoms with van der Waals surface area (Å²) in [5.41, 5.74) is 0.994. The molecule has 2 heteroatoms. The Labute approximate surface area is 153 Å². The SMILES string of the molecule is C=C[C@H]1CC[C@H]2[C@@H]3CCC4C[C@H](OC(C)=O)CC[C@]4(C)[C@H]3CC[C@]12C. The van der Waals surface area contributed by atoms with Crippen LogP contribution in [-0.2, 0) is 9.53 Å². The molecule has 0 amide bonds. The third-order valence-electron chi connectivity index (χ3n) is 9.31. The van der Waals surface area contributed by atoms with Gasteiger partial charge < -0.3 is 4.74 Å². The van der Waals surface area contributed by atoms with E-state index >= 15 is 0 Å². The average molecular weight is 345 g/mol. The van der Waals surface area contributed by atoms with Crippen LogP contribution in [0.1, 0.15) is 78.6 Å². The average Bonchev–Trinajstić information content (AvgIpc) is 2.91. The minimum absolute atomic E-state index is 0.0999. The molecule has 4 rings (SSSR count). The van der Waals surface area contributed by atoms with Gasteiger partial charge in [0.15, 0.2) is 0 Å². The lowest BCUT2D eigenvalue weighted by Gasteiger charge is -2.61. The number of esters is 1. The third kappa shape index (κ3) is 2.61. The Morgan fingerprint density at radius 3 is 2.44 bits per heavy atom. The predicted octanol–water partition coefficient (Wildman–Crippen LogP) is 5.76. The van der Waals surface area contributed by atoms with Gasteiger partial charge in [-0.15, -0.1) is 6.58 Å². The topological polar surface area (TPSA) is 26.3 Å². The van der Waals surface area contributed by atoms with Crippen LogP contribution in [0, 0.1) is 40.4 Å². The summed E-state index contributed by atoms with van der Waals surface area (Å²) in [6.07, 6.45) is 14.2. The van der Waals surface area contributed by atoms with Gasteiger partial charge in [0, 0.05) is 6.92 Å². The van der Waals surface area contributed by atoms with Crippen LogP contribution < -0.4 is 0 Å². The van der Waals surface area contributed by atoms with Crippen LogP contribution in [0.15, 0.2) is 12.7 Å². The van der Waals surface area contributed by atoms with Crippen molar-refractivity contribution in [1.82, 2.24) is 0 Å². The van der Waals surface area contributed by atoms with Crippen LogP contribution >= 0.6 is 0 Å². The van der Waals surface area contributed by atoms with Crippen LogP contribution in [0.2, 0.25) is 0 Å². The monoisotopic (exact) mass is 344 g/mol. The molecule has 1 unspecified atom stereocenters. The fourth-order valence-electron chi connectivity index (χ4n) is 7.99. The molecule has 25 heavy (non-hydrogen) atoms. The smallest absolute Gasteiger partial charge is 0.302 e. The maximum atomic E-state index is 11.4. The van der Waals surface area contributed by atoms with Crippen molar-refractivity contribution in [1.29, 1.82) is 0 Å². The van der Waals surface area contributed by atoms with E-state index in [0.717, 1.165) is 42.4 Å². The van der Waals surface area contributed by atoms with Gasteiger partial charge >= 0.3 is 5.97 Å². The molecule has 2 nitrogen and oxygen atoms in total. The van der Waals surface area contributed by atoms with Crippen molar-refractivity contribution in [3.8, 4) is 0 Å². The predicted molar refractivity (Wildman–Crippen MR) is 101 cm³/mol. The lowest BCUT2D eigenvalue weighted by atomic mass is 9.44. The van der Waals surface area contributed by atoms with Crippen LogP contribution in [0.4, 0.5) is 0 Å². The van der Waals surface area contributed by atoms with Gasteiger partial charge in [-0.1, -0.05) is 19.9 Å². The summed E-state index contributed by atoms with van der Waals surface area (Å²) in [6.45, 7) is 10.9. The minimum Gasteiger partial charge on any atom is -0.463 e. The van der Waals surface area contributed by atoms with E-state index in [1.54, 1.807) is 6.92 Å². The van der Waals surface area contributed by atoms with E-state index in [1.807, 2.05) is 0 Å². The van der Waals surface area contributed by atoms with Gasteiger partial charge in [0.25, 0.3) is 0 Å². The Bertz CT molecular complexity index is 554. The van der Waals surface area contributed by atoms with Crippen LogP contribution in [-0.4, -0.2) is 12.1 Å². The summed E-state index contributed by atoms with van der Waals surface area (Å²) < 4.78 is 5.59. The number of hydrogen-bond acceptors (Lipinski definition) is 2. The zero-order chi connectivity index (χ0) is 17.8. The van der Waals surface area contributed by atoms with E-state index in [9.17, 15) is 4.79 Å². The van der Waals surface area contributed by atoms with Crippen molar-refractivity contribution in [2.75, 3.05) is 0 Å². The summed E-state index contributed by atoms with van der Waals surface area (Å²) in [7, 11) is 0. The molecule has 0 aromatic carbocycles. The van der Waals surface area contributed by atoms with Crippen molar-refractivity contribution < 1.29 is 9.53 Å². The molecule has 0 aromatic rings. The molecule has 0 aliphatic heterocycles. The number of allylic oxidation sites excluding steroid dienone is 1. The van der Waals surface area contributed by atoms with E-state index < -0.39 is 0 Å². The fraction of sp³-hybridized carbons (Fsp3) is 0.870.